The first-order chi connectivity index (χ1) is 9.55. The molecule has 0 saturated heterocycles. The van der Waals surface area contributed by atoms with Gasteiger partial charge in [-0.3, -0.25) is 9.59 Å². The molecule has 116 valence electrons. The number of rotatable bonds is 6. The SMILES string of the molecule is Cc1cc(Br)c(S(=O)(=O)N(CC(N)=O)CC(N)=O)cc1Br. The molecule has 0 aromatic heterocycles. The highest BCUT2D eigenvalue weighted by atomic mass is 79.9. The second kappa shape index (κ2) is 6.86. The molecular weight excluding hydrogens is 430 g/mol. The van der Waals surface area contributed by atoms with Gasteiger partial charge in [-0.05, 0) is 40.5 Å². The van der Waals surface area contributed by atoms with Crippen LogP contribution in [0.5, 0.6) is 0 Å². The van der Waals surface area contributed by atoms with E-state index in [0.717, 1.165) is 5.56 Å². The number of amides is 2. The van der Waals surface area contributed by atoms with Crippen molar-refractivity contribution in [2.45, 2.75) is 11.8 Å². The summed E-state index contributed by atoms with van der Waals surface area (Å²) in [6.07, 6.45) is 0. The molecule has 0 fully saturated rings. The van der Waals surface area contributed by atoms with Crippen LogP contribution < -0.4 is 11.5 Å². The van der Waals surface area contributed by atoms with Crippen LogP contribution in [-0.4, -0.2) is 37.6 Å². The number of nitrogens with zero attached hydrogens (tertiary/aromatic N) is 1. The first-order valence-corrected chi connectivity index (χ1v) is 8.60. The molecule has 7 nitrogen and oxygen atoms in total. The van der Waals surface area contributed by atoms with E-state index >= 15 is 0 Å². The minimum Gasteiger partial charge on any atom is -0.369 e. The minimum atomic E-state index is -4.11. The normalized spacial score (nSPS) is 11.6. The monoisotopic (exact) mass is 441 g/mol. The predicted octanol–water partition coefficient (Wildman–Crippen LogP) is 0.481. The molecule has 4 N–H and O–H groups in total. The largest absolute Gasteiger partial charge is 0.369 e. The van der Waals surface area contributed by atoms with Gasteiger partial charge in [-0.15, -0.1) is 0 Å². The van der Waals surface area contributed by atoms with E-state index in [2.05, 4.69) is 31.9 Å². The summed E-state index contributed by atoms with van der Waals surface area (Å²) in [5, 5.41) is 0. The Kier molecular flexibility index (Phi) is 5.91. The van der Waals surface area contributed by atoms with Crippen molar-refractivity contribution in [2.75, 3.05) is 13.1 Å². The van der Waals surface area contributed by atoms with Crippen LogP contribution in [0, 0.1) is 6.92 Å². The van der Waals surface area contributed by atoms with E-state index in [9.17, 15) is 18.0 Å². The fourth-order valence-corrected chi connectivity index (χ4v) is 4.55. The molecule has 0 aliphatic carbocycles. The first-order valence-electron chi connectivity index (χ1n) is 5.58. The van der Waals surface area contributed by atoms with Gasteiger partial charge in [-0.25, -0.2) is 8.42 Å². The Hall–Kier alpha value is -0.970. The van der Waals surface area contributed by atoms with Gasteiger partial charge >= 0.3 is 0 Å². The van der Waals surface area contributed by atoms with Crippen LogP contribution in [0.2, 0.25) is 0 Å². The molecule has 21 heavy (non-hydrogen) atoms. The maximum atomic E-state index is 12.5. The molecule has 0 aliphatic heterocycles. The lowest BCUT2D eigenvalue weighted by atomic mass is 10.2. The van der Waals surface area contributed by atoms with Gasteiger partial charge in [0.15, 0.2) is 0 Å². The average molecular weight is 443 g/mol. The third kappa shape index (κ3) is 4.50. The van der Waals surface area contributed by atoms with E-state index in [-0.39, 0.29) is 4.90 Å². The van der Waals surface area contributed by atoms with Crippen LogP contribution in [0.15, 0.2) is 26.0 Å². The maximum Gasteiger partial charge on any atom is 0.245 e. The zero-order chi connectivity index (χ0) is 16.4. The van der Waals surface area contributed by atoms with Crippen LogP contribution in [0.25, 0.3) is 0 Å². The van der Waals surface area contributed by atoms with Gasteiger partial charge in [0.25, 0.3) is 0 Å². The number of nitrogens with two attached hydrogens (primary N) is 2. The summed E-state index contributed by atoms with van der Waals surface area (Å²) in [5.74, 6) is -1.77. The van der Waals surface area contributed by atoms with Crippen molar-refractivity contribution in [3.05, 3.63) is 26.6 Å². The maximum absolute atomic E-state index is 12.5. The van der Waals surface area contributed by atoms with Crippen molar-refractivity contribution in [1.82, 2.24) is 4.31 Å². The predicted molar refractivity (Wildman–Crippen MR) is 83.7 cm³/mol. The Morgan fingerprint density at radius 2 is 1.57 bits per heavy atom. The molecular formula is C11H13Br2N3O4S. The number of benzene rings is 1. The Morgan fingerprint density at radius 1 is 1.10 bits per heavy atom. The van der Waals surface area contributed by atoms with E-state index in [4.69, 9.17) is 11.5 Å². The van der Waals surface area contributed by atoms with Crippen molar-refractivity contribution >= 4 is 53.7 Å². The number of hydrogen-bond donors (Lipinski definition) is 2. The second-order valence-electron chi connectivity index (χ2n) is 4.24. The van der Waals surface area contributed by atoms with Gasteiger partial charge in [-0.2, -0.15) is 4.31 Å². The zero-order valence-corrected chi connectivity index (χ0v) is 15.0. The number of sulfonamides is 1. The lowest BCUT2D eigenvalue weighted by Gasteiger charge is -2.20. The number of carbonyl (C=O) groups excluding carboxylic acids is 2. The number of hydrogen-bond acceptors (Lipinski definition) is 4. The summed E-state index contributed by atoms with van der Waals surface area (Å²) in [7, 11) is -4.11. The van der Waals surface area contributed by atoms with Crippen molar-refractivity contribution in [2.24, 2.45) is 11.5 Å². The lowest BCUT2D eigenvalue weighted by Crippen LogP contribution is -2.43. The fourth-order valence-electron chi connectivity index (χ4n) is 1.54. The molecule has 1 rings (SSSR count). The number of aryl methyl sites for hydroxylation is 1. The fraction of sp³-hybridized carbons (Fsp3) is 0.273. The Morgan fingerprint density at radius 3 is 2.00 bits per heavy atom. The highest BCUT2D eigenvalue weighted by Gasteiger charge is 2.29. The van der Waals surface area contributed by atoms with Gasteiger partial charge < -0.3 is 11.5 Å². The van der Waals surface area contributed by atoms with Gasteiger partial charge in [-0.1, -0.05) is 15.9 Å². The summed E-state index contributed by atoms with van der Waals surface area (Å²) >= 11 is 6.40. The first kappa shape index (κ1) is 18.1. The standard InChI is InChI=1S/C11H13Br2N3O4S/c1-6-2-8(13)9(3-7(6)12)21(19,20)16(4-10(14)17)5-11(15)18/h2-3H,4-5H2,1H3,(H2,14,17)(H2,15,18). The molecule has 1 aromatic carbocycles. The zero-order valence-electron chi connectivity index (χ0n) is 11.0. The molecule has 0 radical (unpaired) electrons. The average Bonchev–Trinajstić information content (AvgIpc) is 2.31. The molecule has 0 bridgehead atoms. The highest BCUT2D eigenvalue weighted by Crippen LogP contribution is 2.30. The Labute approximate surface area is 139 Å². The third-order valence-corrected chi connectivity index (χ3v) is 6.10. The highest BCUT2D eigenvalue weighted by molar-refractivity contribution is 9.11. The van der Waals surface area contributed by atoms with Crippen LogP contribution in [0.3, 0.4) is 0 Å². The van der Waals surface area contributed by atoms with Crippen molar-refractivity contribution in [1.29, 1.82) is 0 Å². The number of primary amides is 2. The smallest absolute Gasteiger partial charge is 0.245 e. The van der Waals surface area contributed by atoms with Gasteiger partial charge in [0.1, 0.15) is 0 Å². The molecule has 0 spiro atoms. The van der Waals surface area contributed by atoms with Gasteiger partial charge in [0.05, 0.1) is 18.0 Å². The van der Waals surface area contributed by atoms with E-state index in [1.807, 2.05) is 0 Å². The third-order valence-electron chi connectivity index (χ3n) is 2.50. The van der Waals surface area contributed by atoms with Crippen molar-refractivity contribution in [3.8, 4) is 0 Å². The van der Waals surface area contributed by atoms with E-state index in [0.29, 0.717) is 13.3 Å². The molecule has 0 aliphatic rings. The molecule has 1 aromatic rings. The summed E-state index contributed by atoms with van der Waals surface area (Å²) in [4.78, 5) is 21.9. The van der Waals surface area contributed by atoms with Gasteiger partial charge in [0.2, 0.25) is 21.8 Å². The molecule has 0 atom stereocenters. The van der Waals surface area contributed by atoms with Gasteiger partial charge in [0, 0.05) is 8.95 Å². The molecule has 2 amide bonds. The second-order valence-corrected chi connectivity index (χ2v) is 7.85. The van der Waals surface area contributed by atoms with Crippen molar-refractivity contribution < 1.29 is 18.0 Å². The van der Waals surface area contributed by atoms with Crippen LogP contribution >= 0.6 is 31.9 Å². The number of halogens is 2. The van der Waals surface area contributed by atoms with Crippen molar-refractivity contribution in [3.63, 3.8) is 0 Å². The molecule has 10 heteroatoms. The summed E-state index contributed by atoms with van der Waals surface area (Å²) in [6, 6.07) is 2.98. The lowest BCUT2D eigenvalue weighted by molar-refractivity contribution is -0.120. The summed E-state index contributed by atoms with van der Waals surface area (Å²) in [6.45, 7) is 0.516. The minimum absolute atomic E-state index is 0.0949. The summed E-state index contributed by atoms with van der Waals surface area (Å²) in [5.41, 5.74) is 10.9. The van der Waals surface area contributed by atoms with E-state index < -0.39 is 34.9 Å². The van der Waals surface area contributed by atoms with E-state index in [1.54, 1.807) is 13.0 Å². The molecule has 0 heterocycles. The van der Waals surface area contributed by atoms with E-state index in [1.165, 1.54) is 6.07 Å². The van der Waals surface area contributed by atoms with Crippen LogP contribution in [-0.2, 0) is 19.6 Å². The molecule has 0 saturated carbocycles. The topological polar surface area (TPSA) is 124 Å². The quantitative estimate of drug-likeness (QED) is 0.664. The number of carbonyl (C=O) groups is 2. The Bertz CT molecular complexity index is 675. The van der Waals surface area contributed by atoms with Crippen LogP contribution in [0.1, 0.15) is 5.56 Å². The Balaban J connectivity index is 3.38. The molecule has 0 unspecified atom stereocenters. The summed E-state index contributed by atoms with van der Waals surface area (Å²) < 4.78 is 26.6. The van der Waals surface area contributed by atoms with Crippen LogP contribution in [0.4, 0.5) is 0 Å².